The molecule has 3 heterocycles. The van der Waals surface area contributed by atoms with Crippen molar-refractivity contribution >= 4 is 5.91 Å². The van der Waals surface area contributed by atoms with Gasteiger partial charge in [0.15, 0.2) is 0 Å². The van der Waals surface area contributed by atoms with Crippen LogP contribution in [0.15, 0.2) is 18.3 Å². The number of nitrogens with one attached hydrogen (secondary N) is 2. The molecule has 3 rings (SSSR count). The van der Waals surface area contributed by atoms with Crippen LogP contribution in [-0.4, -0.2) is 48.5 Å². The number of hydrogen-bond acceptors (Lipinski definition) is 4. The molecule has 1 atom stereocenters. The van der Waals surface area contributed by atoms with E-state index in [9.17, 15) is 4.79 Å². The molecule has 0 radical (unpaired) electrons. The molecule has 5 heteroatoms. The Labute approximate surface area is 138 Å². The fourth-order valence-electron chi connectivity index (χ4n) is 3.77. The number of rotatable bonds is 4. The van der Waals surface area contributed by atoms with E-state index in [-0.39, 0.29) is 11.9 Å². The van der Waals surface area contributed by atoms with Crippen molar-refractivity contribution < 1.29 is 4.79 Å². The molecule has 2 aliphatic rings. The lowest BCUT2D eigenvalue weighted by Gasteiger charge is -2.33. The van der Waals surface area contributed by atoms with E-state index in [0.717, 1.165) is 38.2 Å². The van der Waals surface area contributed by atoms with Crippen LogP contribution in [0.3, 0.4) is 0 Å². The molecule has 1 spiro atoms. The number of pyridine rings is 1. The van der Waals surface area contributed by atoms with Gasteiger partial charge in [-0.25, -0.2) is 0 Å². The molecule has 23 heavy (non-hydrogen) atoms. The second-order valence-electron chi connectivity index (χ2n) is 7.09. The zero-order valence-electron chi connectivity index (χ0n) is 14.3. The molecule has 126 valence electrons. The van der Waals surface area contributed by atoms with Crippen molar-refractivity contribution in [1.82, 2.24) is 20.5 Å². The van der Waals surface area contributed by atoms with E-state index in [0.29, 0.717) is 12.0 Å². The third-order valence-electron chi connectivity index (χ3n) is 5.39. The Kier molecular flexibility index (Phi) is 4.97. The number of nitrogens with zero attached hydrogens (tertiary/aromatic N) is 2. The van der Waals surface area contributed by atoms with Crippen molar-refractivity contribution in [2.24, 2.45) is 5.41 Å². The first-order chi connectivity index (χ1) is 11.1. The van der Waals surface area contributed by atoms with Crippen molar-refractivity contribution in [3.05, 3.63) is 29.6 Å². The lowest BCUT2D eigenvalue weighted by molar-refractivity contribution is -0.132. The van der Waals surface area contributed by atoms with Gasteiger partial charge in [0.05, 0.1) is 18.3 Å². The lowest BCUT2D eigenvalue weighted by Crippen LogP contribution is -2.41. The van der Waals surface area contributed by atoms with Crippen molar-refractivity contribution in [3.8, 4) is 0 Å². The van der Waals surface area contributed by atoms with Crippen LogP contribution < -0.4 is 10.6 Å². The highest BCUT2D eigenvalue weighted by Crippen LogP contribution is 2.37. The zero-order chi connectivity index (χ0) is 16.3. The minimum absolute atomic E-state index is 0.0342. The lowest BCUT2D eigenvalue weighted by atomic mass is 9.77. The first-order valence-electron chi connectivity index (χ1n) is 8.75. The fourth-order valence-corrected chi connectivity index (χ4v) is 3.77. The number of carbonyl (C=O) groups excluding carboxylic acids is 1. The monoisotopic (exact) mass is 316 g/mol. The molecule has 1 amide bonds. The van der Waals surface area contributed by atoms with Gasteiger partial charge in [-0.05, 0) is 55.8 Å². The third kappa shape index (κ3) is 3.72. The molecule has 0 saturated carbocycles. The van der Waals surface area contributed by atoms with Gasteiger partial charge in [0.1, 0.15) is 0 Å². The number of hydrogen-bond donors (Lipinski definition) is 2. The maximum atomic E-state index is 12.7. The van der Waals surface area contributed by atoms with Crippen molar-refractivity contribution in [1.29, 1.82) is 0 Å². The smallest absolute Gasteiger partial charge is 0.239 e. The number of amides is 1. The molecule has 2 saturated heterocycles. The summed E-state index contributed by atoms with van der Waals surface area (Å²) in [6.07, 6.45) is 6.22. The molecule has 0 unspecified atom stereocenters. The summed E-state index contributed by atoms with van der Waals surface area (Å²) in [5.74, 6) is 0.196. The van der Waals surface area contributed by atoms with E-state index in [1.54, 1.807) is 0 Å². The van der Waals surface area contributed by atoms with Crippen LogP contribution in [0.2, 0.25) is 0 Å². The highest BCUT2D eigenvalue weighted by atomic mass is 16.2. The van der Waals surface area contributed by atoms with Gasteiger partial charge in [-0.15, -0.1) is 0 Å². The number of piperidine rings is 1. The normalized spacial score (nSPS) is 23.1. The summed E-state index contributed by atoms with van der Waals surface area (Å²) in [6.45, 7) is 5.82. The van der Waals surface area contributed by atoms with E-state index in [2.05, 4.69) is 28.6 Å². The van der Waals surface area contributed by atoms with Crippen LogP contribution in [0.25, 0.3) is 0 Å². The van der Waals surface area contributed by atoms with Crippen LogP contribution in [0, 0.1) is 5.41 Å². The number of aryl methyl sites for hydroxylation is 1. The Bertz CT molecular complexity index is 536. The summed E-state index contributed by atoms with van der Waals surface area (Å²) >= 11 is 0. The van der Waals surface area contributed by atoms with Crippen LogP contribution in [-0.2, 0) is 17.8 Å². The zero-order valence-corrected chi connectivity index (χ0v) is 14.3. The fraction of sp³-hybridized carbons (Fsp3) is 0.667. The van der Waals surface area contributed by atoms with Crippen LogP contribution >= 0.6 is 0 Å². The maximum absolute atomic E-state index is 12.7. The molecule has 1 aromatic rings. The molecule has 0 aliphatic carbocycles. The molecular weight excluding hydrogens is 288 g/mol. The van der Waals surface area contributed by atoms with Gasteiger partial charge in [-0.3, -0.25) is 9.78 Å². The Hall–Kier alpha value is -1.46. The van der Waals surface area contributed by atoms with Crippen molar-refractivity contribution in [3.63, 3.8) is 0 Å². The molecule has 0 aromatic carbocycles. The minimum Gasteiger partial charge on any atom is -0.339 e. The maximum Gasteiger partial charge on any atom is 0.239 e. The summed E-state index contributed by atoms with van der Waals surface area (Å²) in [5.41, 5.74) is 2.51. The van der Waals surface area contributed by atoms with Gasteiger partial charge in [0.2, 0.25) is 5.91 Å². The SMILES string of the molecule is CCc1ccc(CN(C)C(=O)[C@H]2CC3(CCNCC3)CN2)nc1. The standard InChI is InChI=1S/C18H28N4O/c1-3-14-4-5-15(20-11-14)12-22(2)17(23)16-10-18(13-21-16)6-8-19-9-7-18/h4-5,11,16,19,21H,3,6-10,12-13H2,1-2H3/t16-/m1/s1. The topological polar surface area (TPSA) is 57.3 Å². The van der Waals surface area contributed by atoms with E-state index in [1.165, 1.54) is 18.4 Å². The summed E-state index contributed by atoms with van der Waals surface area (Å²) < 4.78 is 0. The molecule has 1 aromatic heterocycles. The molecule has 2 fully saturated rings. The Balaban J connectivity index is 1.57. The third-order valence-corrected chi connectivity index (χ3v) is 5.39. The first-order valence-corrected chi connectivity index (χ1v) is 8.75. The minimum atomic E-state index is -0.0342. The Morgan fingerprint density at radius 3 is 2.83 bits per heavy atom. The number of likely N-dealkylation sites (N-methyl/N-ethyl adjacent to an activating group) is 1. The van der Waals surface area contributed by atoms with E-state index >= 15 is 0 Å². The first kappa shape index (κ1) is 16.4. The Morgan fingerprint density at radius 2 is 2.17 bits per heavy atom. The highest BCUT2D eigenvalue weighted by Gasteiger charge is 2.42. The van der Waals surface area contributed by atoms with Crippen LogP contribution in [0.1, 0.15) is 37.4 Å². The second-order valence-corrected chi connectivity index (χ2v) is 7.09. The van der Waals surface area contributed by atoms with Crippen molar-refractivity contribution in [2.45, 2.75) is 45.2 Å². The number of carbonyl (C=O) groups is 1. The summed E-state index contributed by atoms with van der Waals surface area (Å²) in [4.78, 5) is 19.0. The highest BCUT2D eigenvalue weighted by molar-refractivity contribution is 5.82. The predicted octanol–water partition coefficient (Wildman–Crippen LogP) is 1.33. The van der Waals surface area contributed by atoms with Crippen LogP contribution in [0.5, 0.6) is 0 Å². The summed E-state index contributed by atoms with van der Waals surface area (Å²) in [7, 11) is 1.88. The van der Waals surface area contributed by atoms with Crippen LogP contribution in [0.4, 0.5) is 0 Å². The van der Waals surface area contributed by atoms with Gasteiger partial charge < -0.3 is 15.5 Å². The van der Waals surface area contributed by atoms with Gasteiger partial charge in [-0.2, -0.15) is 0 Å². The quantitative estimate of drug-likeness (QED) is 0.880. The largest absolute Gasteiger partial charge is 0.339 e. The van der Waals surface area contributed by atoms with Gasteiger partial charge in [-0.1, -0.05) is 13.0 Å². The van der Waals surface area contributed by atoms with E-state index in [4.69, 9.17) is 0 Å². The molecule has 5 nitrogen and oxygen atoms in total. The second kappa shape index (κ2) is 6.97. The predicted molar refractivity (Wildman–Crippen MR) is 91.0 cm³/mol. The molecule has 2 aliphatic heterocycles. The van der Waals surface area contributed by atoms with E-state index in [1.807, 2.05) is 24.2 Å². The Morgan fingerprint density at radius 1 is 1.39 bits per heavy atom. The molecular formula is C18H28N4O. The molecule has 2 N–H and O–H groups in total. The van der Waals surface area contributed by atoms with Gasteiger partial charge in [0, 0.05) is 19.8 Å². The summed E-state index contributed by atoms with van der Waals surface area (Å²) in [5, 5.41) is 6.88. The average molecular weight is 316 g/mol. The van der Waals surface area contributed by atoms with E-state index < -0.39 is 0 Å². The van der Waals surface area contributed by atoms with Gasteiger partial charge in [0.25, 0.3) is 0 Å². The number of aromatic nitrogens is 1. The molecule has 0 bridgehead atoms. The summed E-state index contributed by atoms with van der Waals surface area (Å²) in [6, 6.07) is 4.09. The van der Waals surface area contributed by atoms with Crippen molar-refractivity contribution in [2.75, 3.05) is 26.7 Å². The van der Waals surface area contributed by atoms with Gasteiger partial charge >= 0.3 is 0 Å². The average Bonchev–Trinajstić information content (AvgIpc) is 2.99.